The molecular weight excluding hydrogens is 292 g/mol. The van der Waals surface area contributed by atoms with Crippen LogP contribution in [0.25, 0.3) is 0 Å². The lowest BCUT2D eigenvalue weighted by molar-refractivity contribution is 0.319. The van der Waals surface area contributed by atoms with Gasteiger partial charge in [-0.05, 0) is 56.2 Å². The van der Waals surface area contributed by atoms with Crippen molar-refractivity contribution in [1.82, 2.24) is 10.2 Å². The number of nitrogens with zero attached hydrogens (tertiary/aromatic N) is 1. The molecule has 2 aromatic rings. The molecule has 0 aliphatic carbocycles. The Bertz CT molecular complexity index is 569. The first-order valence-electron chi connectivity index (χ1n) is 7.83. The van der Waals surface area contributed by atoms with Crippen molar-refractivity contribution in [2.45, 2.75) is 26.4 Å². The molecule has 1 N–H and O–H groups in total. The van der Waals surface area contributed by atoms with Crippen molar-refractivity contribution in [2.75, 3.05) is 20.1 Å². The molecule has 0 aromatic heterocycles. The van der Waals surface area contributed by atoms with Crippen molar-refractivity contribution in [2.24, 2.45) is 0 Å². The van der Waals surface area contributed by atoms with Gasteiger partial charge in [0.05, 0.1) is 0 Å². The van der Waals surface area contributed by atoms with E-state index in [1.54, 1.807) is 0 Å². The van der Waals surface area contributed by atoms with Crippen LogP contribution < -0.4 is 5.32 Å². The second-order valence-corrected chi connectivity index (χ2v) is 6.24. The number of rotatable bonds is 8. The summed E-state index contributed by atoms with van der Waals surface area (Å²) in [7, 11) is 2.18. The van der Waals surface area contributed by atoms with Crippen molar-refractivity contribution < 1.29 is 0 Å². The number of hydrogen-bond acceptors (Lipinski definition) is 2. The summed E-state index contributed by atoms with van der Waals surface area (Å²) in [6, 6.07) is 16.8. The molecule has 0 bridgehead atoms. The van der Waals surface area contributed by atoms with Crippen LogP contribution in [0, 0.1) is 6.92 Å². The first-order chi connectivity index (χ1) is 10.6. The summed E-state index contributed by atoms with van der Waals surface area (Å²) in [5.74, 6) is 0. The van der Waals surface area contributed by atoms with E-state index in [0.29, 0.717) is 0 Å². The lowest BCUT2D eigenvalue weighted by Crippen LogP contribution is -2.23. The lowest BCUT2D eigenvalue weighted by atomic mass is 10.1. The van der Waals surface area contributed by atoms with E-state index in [1.165, 1.54) is 11.1 Å². The average molecular weight is 317 g/mol. The van der Waals surface area contributed by atoms with E-state index in [2.05, 4.69) is 59.7 Å². The Morgan fingerprint density at radius 1 is 1.05 bits per heavy atom. The lowest BCUT2D eigenvalue weighted by Gasteiger charge is -2.16. The van der Waals surface area contributed by atoms with Gasteiger partial charge in [0.2, 0.25) is 0 Å². The number of hydrogen-bond donors (Lipinski definition) is 1. The second-order valence-electron chi connectivity index (χ2n) is 5.84. The summed E-state index contributed by atoms with van der Waals surface area (Å²) in [5.41, 5.74) is 3.80. The molecule has 3 heteroatoms. The molecule has 0 atom stereocenters. The largest absolute Gasteiger partial charge is 0.313 e. The van der Waals surface area contributed by atoms with Crippen molar-refractivity contribution in [3.8, 4) is 0 Å². The van der Waals surface area contributed by atoms with Gasteiger partial charge in [-0.1, -0.05) is 54.1 Å². The van der Waals surface area contributed by atoms with E-state index in [-0.39, 0.29) is 0 Å². The van der Waals surface area contributed by atoms with Gasteiger partial charge in [-0.25, -0.2) is 0 Å². The molecule has 2 rings (SSSR count). The Kier molecular flexibility index (Phi) is 6.91. The highest BCUT2D eigenvalue weighted by atomic mass is 35.5. The van der Waals surface area contributed by atoms with Crippen LogP contribution in [0.2, 0.25) is 5.02 Å². The van der Waals surface area contributed by atoms with Crippen molar-refractivity contribution in [1.29, 1.82) is 0 Å². The maximum Gasteiger partial charge on any atom is 0.0435 e. The summed E-state index contributed by atoms with van der Waals surface area (Å²) in [4.78, 5) is 2.36. The van der Waals surface area contributed by atoms with Crippen molar-refractivity contribution in [3.05, 3.63) is 70.2 Å². The van der Waals surface area contributed by atoms with Crippen LogP contribution in [0.1, 0.15) is 23.1 Å². The van der Waals surface area contributed by atoms with E-state index in [9.17, 15) is 0 Å². The van der Waals surface area contributed by atoms with E-state index in [1.807, 2.05) is 13.0 Å². The molecule has 0 aliphatic rings. The molecule has 0 aliphatic heterocycles. The Morgan fingerprint density at radius 2 is 1.82 bits per heavy atom. The summed E-state index contributed by atoms with van der Waals surface area (Å²) in [6.45, 7) is 6.09. The minimum absolute atomic E-state index is 0.839. The molecule has 0 amide bonds. The van der Waals surface area contributed by atoms with E-state index >= 15 is 0 Å². The summed E-state index contributed by atoms with van der Waals surface area (Å²) >= 11 is 6.04. The Balaban J connectivity index is 1.61. The smallest absolute Gasteiger partial charge is 0.0435 e. The molecular formula is C19H25ClN2. The molecule has 0 heterocycles. The summed E-state index contributed by atoms with van der Waals surface area (Å²) < 4.78 is 0. The SMILES string of the molecule is Cc1cc(CNCCCN(C)Cc2ccccc2)ccc1Cl. The monoisotopic (exact) mass is 316 g/mol. The fourth-order valence-corrected chi connectivity index (χ4v) is 2.62. The fourth-order valence-electron chi connectivity index (χ4n) is 2.50. The van der Waals surface area contributed by atoms with Gasteiger partial charge >= 0.3 is 0 Å². The van der Waals surface area contributed by atoms with Crippen LogP contribution in [0.4, 0.5) is 0 Å². The molecule has 0 unspecified atom stereocenters. The van der Waals surface area contributed by atoms with Gasteiger partial charge in [0.15, 0.2) is 0 Å². The standard InChI is InChI=1S/C19H25ClN2/c1-16-13-18(9-10-19(16)20)14-21-11-6-12-22(2)15-17-7-4-3-5-8-17/h3-5,7-10,13,21H,6,11-12,14-15H2,1-2H3. The van der Waals surface area contributed by atoms with Crippen LogP contribution in [0.3, 0.4) is 0 Å². The maximum atomic E-state index is 6.04. The fraction of sp³-hybridized carbons (Fsp3) is 0.368. The number of aryl methyl sites for hydroxylation is 1. The Labute approximate surface area is 139 Å². The Morgan fingerprint density at radius 3 is 2.55 bits per heavy atom. The first-order valence-corrected chi connectivity index (χ1v) is 8.21. The highest BCUT2D eigenvalue weighted by Crippen LogP contribution is 2.16. The zero-order chi connectivity index (χ0) is 15.8. The third-order valence-electron chi connectivity index (χ3n) is 3.74. The molecule has 22 heavy (non-hydrogen) atoms. The van der Waals surface area contributed by atoms with Gasteiger partial charge < -0.3 is 10.2 Å². The number of halogens is 1. The normalized spacial score (nSPS) is 11.1. The minimum atomic E-state index is 0.839. The van der Waals surface area contributed by atoms with E-state index < -0.39 is 0 Å². The molecule has 0 radical (unpaired) electrons. The van der Waals surface area contributed by atoms with Crippen LogP contribution in [0.15, 0.2) is 48.5 Å². The molecule has 118 valence electrons. The third kappa shape index (κ3) is 5.80. The third-order valence-corrected chi connectivity index (χ3v) is 4.16. The van der Waals surface area contributed by atoms with Crippen LogP contribution in [-0.2, 0) is 13.1 Å². The highest BCUT2D eigenvalue weighted by molar-refractivity contribution is 6.31. The minimum Gasteiger partial charge on any atom is -0.313 e. The molecule has 0 saturated carbocycles. The quantitative estimate of drug-likeness (QED) is 0.732. The van der Waals surface area contributed by atoms with Gasteiger partial charge in [-0.3, -0.25) is 0 Å². The summed E-state index contributed by atoms with van der Waals surface area (Å²) in [5, 5.41) is 4.34. The zero-order valence-electron chi connectivity index (χ0n) is 13.5. The van der Waals surface area contributed by atoms with Gasteiger partial charge in [0, 0.05) is 18.1 Å². The van der Waals surface area contributed by atoms with Crippen LogP contribution in [0.5, 0.6) is 0 Å². The van der Waals surface area contributed by atoms with E-state index in [4.69, 9.17) is 11.6 Å². The van der Waals surface area contributed by atoms with Gasteiger partial charge in [-0.15, -0.1) is 0 Å². The highest BCUT2D eigenvalue weighted by Gasteiger charge is 2.00. The van der Waals surface area contributed by atoms with Crippen molar-refractivity contribution in [3.63, 3.8) is 0 Å². The zero-order valence-corrected chi connectivity index (χ0v) is 14.2. The number of nitrogens with one attached hydrogen (secondary N) is 1. The van der Waals surface area contributed by atoms with Crippen molar-refractivity contribution >= 4 is 11.6 Å². The molecule has 0 spiro atoms. The van der Waals surface area contributed by atoms with Crippen LogP contribution >= 0.6 is 11.6 Å². The van der Waals surface area contributed by atoms with E-state index in [0.717, 1.165) is 43.2 Å². The number of benzene rings is 2. The predicted octanol–water partition coefficient (Wildman–Crippen LogP) is 4.26. The van der Waals surface area contributed by atoms with Gasteiger partial charge in [0.25, 0.3) is 0 Å². The molecule has 2 aromatic carbocycles. The molecule has 0 saturated heterocycles. The van der Waals surface area contributed by atoms with Gasteiger partial charge in [0.1, 0.15) is 0 Å². The second kappa shape index (κ2) is 8.94. The first kappa shape index (κ1) is 17.0. The molecule has 0 fully saturated rings. The summed E-state index contributed by atoms with van der Waals surface area (Å²) in [6.07, 6.45) is 1.15. The van der Waals surface area contributed by atoms with Crippen LogP contribution in [-0.4, -0.2) is 25.0 Å². The average Bonchev–Trinajstić information content (AvgIpc) is 2.51. The maximum absolute atomic E-state index is 6.04. The topological polar surface area (TPSA) is 15.3 Å². The predicted molar refractivity (Wildman–Crippen MR) is 95.3 cm³/mol. The Hall–Kier alpha value is -1.35. The van der Waals surface area contributed by atoms with Gasteiger partial charge in [-0.2, -0.15) is 0 Å². The molecule has 2 nitrogen and oxygen atoms in total.